The van der Waals surface area contributed by atoms with Crippen LogP contribution in [-0.4, -0.2) is 15.3 Å². The van der Waals surface area contributed by atoms with E-state index in [0.717, 1.165) is 30.5 Å². The first-order valence-corrected chi connectivity index (χ1v) is 7.31. The highest BCUT2D eigenvalue weighted by molar-refractivity contribution is 5.85. The van der Waals surface area contributed by atoms with Crippen molar-refractivity contribution < 1.29 is 9.05 Å². The van der Waals surface area contributed by atoms with E-state index in [9.17, 15) is 0 Å². The highest BCUT2D eigenvalue weighted by atomic mass is 35.5. The van der Waals surface area contributed by atoms with E-state index in [1.807, 2.05) is 31.2 Å². The molecule has 6 nitrogen and oxygen atoms in total. The van der Waals surface area contributed by atoms with Crippen LogP contribution in [0.2, 0.25) is 0 Å². The van der Waals surface area contributed by atoms with Crippen molar-refractivity contribution in [3.63, 3.8) is 0 Å². The number of hydrogen-bond donors (Lipinski definition) is 1. The second kappa shape index (κ2) is 5.79. The molecule has 1 fully saturated rings. The van der Waals surface area contributed by atoms with Gasteiger partial charge in [-0.15, -0.1) is 12.4 Å². The van der Waals surface area contributed by atoms with Gasteiger partial charge in [-0.1, -0.05) is 40.1 Å². The van der Waals surface area contributed by atoms with Gasteiger partial charge in [0.1, 0.15) is 5.69 Å². The van der Waals surface area contributed by atoms with Crippen molar-refractivity contribution >= 4 is 12.4 Å². The predicted octanol–water partition coefficient (Wildman–Crippen LogP) is 3.46. The first kappa shape index (κ1) is 15.7. The lowest BCUT2D eigenvalue weighted by molar-refractivity contribution is 0.229. The SMILES string of the molecule is Cc1ccc(-c2cc(-c3nc(C4(N)CCC4)no3)on2)cc1.Cl. The molecule has 1 aliphatic carbocycles. The number of nitrogens with two attached hydrogens (primary N) is 1. The molecule has 4 rings (SSSR count). The maximum atomic E-state index is 6.19. The van der Waals surface area contributed by atoms with Gasteiger partial charge in [-0.3, -0.25) is 0 Å². The fourth-order valence-electron chi connectivity index (χ4n) is 2.54. The number of hydrogen-bond acceptors (Lipinski definition) is 6. The maximum absolute atomic E-state index is 6.19. The number of benzene rings is 1. The number of halogens is 1. The zero-order chi connectivity index (χ0) is 15.2. The Morgan fingerprint density at radius 2 is 1.83 bits per heavy atom. The van der Waals surface area contributed by atoms with Crippen molar-refractivity contribution in [1.29, 1.82) is 0 Å². The Morgan fingerprint density at radius 1 is 1.09 bits per heavy atom. The Morgan fingerprint density at radius 3 is 2.48 bits per heavy atom. The van der Waals surface area contributed by atoms with E-state index < -0.39 is 5.54 Å². The summed E-state index contributed by atoms with van der Waals surface area (Å²) >= 11 is 0. The molecule has 2 heterocycles. The molecule has 0 atom stereocenters. The van der Waals surface area contributed by atoms with Crippen molar-refractivity contribution in [3.8, 4) is 22.9 Å². The summed E-state index contributed by atoms with van der Waals surface area (Å²) in [6.07, 6.45) is 2.87. The van der Waals surface area contributed by atoms with Crippen LogP contribution >= 0.6 is 12.4 Å². The van der Waals surface area contributed by atoms with E-state index in [1.54, 1.807) is 6.07 Å². The van der Waals surface area contributed by atoms with E-state index in [0.29, 0.717) is 17.5 Å². The highest BCUT2D eigenvalue weighted by Crippen LogP contribution is 2.37. The van der Waals surface area contributed by atoms with E-state index >= 15 is 0 Å². The van der Waals surface area contributed by atoms with Crippen LogP contribution in [0.5, 0.6) is 0 Å². The topological polar surface area (TPSA) is 91.0 Å². The molecular weight excluding hydrogens is 316 g/mol. The van der Waals surface area contributed by atoms with Gasteiger partial charge in [-0.2, -0.15) is 4.98 Å². The van der Waals surface area contributed by atoms with Crippen LogP contribution in [0.4, 0.5) is 0 Å². The molecular formula is C16H17ClN4O2. The van der Waals surface area contributed by atoms with Gasteiger partial charge >= 0.3 is 0 Å². The van der Waals surface area contributed by atoms with Crippen LogP contribution < -0.4 is 5.73 Å². The van der Waals surface area contributed by atoms with E-state index in [1.165, 1.54) is 5.56 Å². The molecule has 2 aromatic heterocycles. The minimum Gasteiger partial charge on any atom is -0.350 e. The molecule has 23 heavy (non-hydrogen) atoms. The largest absolute Gasteiger partial charge is 0.350 e. The molecule has 0 unspecified atom stereocenters. The maximum Gasteiger partial charge on any atom is 0.296 e. The smallest absolute Gasteiger partial charge is 0.296 e. The van der Waals surface area contributed by atoms with E-state index in [2.05, 4.69) is 15.3 Å². The second-order valence-electron chi connectivity index (χ2n) is 5.88. The molecule has 1 aromatic carbocycles. The van der Waals surface area contributed by atoms with Gasteiger partial charge in [0.2, 0.25) is 5.76 Å². The normalized spacial score (nSPS) is 15.7. The Balaban J connectivity index is 0.00000156. The second-order valence-corrected chi connectivity index (χ2v) is 5.88. The van der Waals surface area contributed by atoms with Crippen LogP contribution in [0.15, 0.2) is 39.4 Å². The number of rotatable bonds is 3. The van der Waals surface area contributed by atoms with Gasteiger partial charge < -0.3 is 14.8 Å². The molecule has 2 N–H and O–H groups in total. The third-order valence-electron chi connectivity index (χ3n) is 4.19. The summed E-state index contributed by atoms with van der Waals surface area (Å²) in [5, 5.41) is 8.05. The van der Waals surface area contributed by atoms with Gasteiger partial charge in [0.05, 0.1) is 5.54 Å². The molecule has 1 saturated carbocycles. The van der Waals surface area contributed by atoms with Gasteiger partial charge in [-0.05, 0) is 26.2 Å². The average Bonchev–Trinajstić information content (AvgIpc) is 3.14. The first-order valence-electron chi connectivity index (χ1n) is 7.31. The molecule has 0 bridgehead atoms. The Hall–Kier alpha value is -2.18. The van der Waals surface area contributed by atoms with Crippen LogP contribution in [0, 0.1) is 6.92 Å². The van der Waals surface area contributed by atoms with Crippen molar-refractivity contribution in [2.45, 2.75) is 31.7 Å². The Bertz CT molecular complexity index is 806. The molecule has 0 saturated heterocycles. The zero-order valence-electron chi connectivity index (χ0n) is 12.7. The Labute approximate surface area is 139 Å². The molecule has 1 aliphatic rings. The molecule has 0 spiro atoms. The minimum absolute atomic E-state index is 0. The number of nitrogens with zero attached hydrogens (tertiary/aromatic N) is 3. The fourth-order valence-corrected chi connectivity index (χ4v) is 2.54. The average molecular weight is 333 g/mol. The molecule has 120 valence electrons. The fraction of sp³-hybridized carbons (Fsp3) is 0.312. The summed E-state index contributed by atoms with van der Waals surface area (Å²) < 4.78 is 10.6. The summed E-state index contributed by atoms with van der Waals surface area (Å²) in [7, 11) is 0. The molecule has 0 aliphatic heterocycles. The van der Waals surface area contributed by atoms with Crippen molar-refractivity contribution in [2.24, 2.45) is 5.73 Å². The molecule has 0 amide bonds. The van der Waals surface area contributed by atoms with Crippen molar-refractivity contribution in [2.75, 3.05) is 0 Å². The highest BCUT2D eigenvalue weighted by Gasteiger charge is 2.39. The van der Waals surface area contributed by atoms with Crippen LogP contribution in [-0.2, 0) is 5.54 Å². The summed E-state index contributed by atoms with van der Waals surface area (Å²) in [5.41, 5.74) is 8.67. The standard InChI is InChI=1S/C16H16N4O2.ClH/c1-10-3-5-11(6-4-10)12-9-13(21-19-12)14-18-15(20-22-14)16(17)7-2-8-16;/h3-6,9H,2,7-8,17H2,1H3;1H. The first-order chi connectivity index (χ1) is 10.6. The van der Waals surface area contributed by atoms with E-state index in [4.69, 9.17) is 14.8 Å². The minimum atomic E-state index is -0.443. The number of aryl methyl sites for hydroxylation is 1. The molecule has 0 radical (unpaired) electrons. The van der Waals surface area contributed by atoms with Crippen molar-refractivity contribution in [3.05, 3.63) is 41.7 Å². The van der Waals surface area contributed by atoms with Gasteiger partial charge in [0, 0.05) is 11.6 Å². The zero-order valence-corrected chi connectivity index (χ0v) is 13.5. The lowest BCUT2D eigenvalue weighted by Gasteiger charge is -2.34. The lowest BCUT2D eigenvalue weighted by atomic mass is 9.77. The summed E-state index contributed by atoms with van der Waals surface area (Å²) in [5.74, 6) is 1.32. The van der Waals surface area contributed by atoms with Gasteiger partial charge in [0.25, 0.3) is 5.89 Å². The van der Waals surface area contributed by atoms with Crippen LogP contribution in [0.25, 0.3) is 22.9 Å². The number of aromatic nitrogens is 3. The van der Waals surface area contributed by atoms with Crippen LogP contribution in [0.3, 0.4) is 0 Å². The Kier molecular flexibility index (Phi) is 3.95. The summed E-state index contributed by atoms with van der Waals surface area (Å²) in [4.78, 5) is 4.36. The third-order valence-corrected chi connectivity index (χ3v) is 4.19. The quantitative estimate of drug-likeness (QED) is 0.789. The lowest BCUT2D eigenvalue weighted by Crippen LogP contribution is -2.44. The van der Waals surface area contributed by atoms with Gasteiger partial charge in [-0.25, -0.2) is 0 Å². The van der Waals surface area contributed by atoms with Gasteiger partial charge in [0.15, 0.2) is 5.82 Å². The van der Waals surface area contributed by atoms with Crippen molar-refractivity contribution in [1.82, 2.24) is 15.3 Å². The monoisotopic (exact) mass is 332 g/mol. The molecule has 3 aromatic rings. The van der Waals surface area contributed by atoms with Crippen LogP contribution in [0.1, 0.15) is 30.7 Å². The summed E-state index contributed by atoms with van der Waals surface area (Å²) in [6, 6.07) is 9.86. The third kappa shape index (κ3) is 2.75. The predicted molar refractivity (Wildman–Crippen MR) is 86.9 cm³/mol. The molecule has 7 heteroatoms. The summed E-state index contributed by atoms with van der Waals surface area (Å²) in [6.45, 7) is 2.04. The van der Waals surface area contributed by atoms with E-state index in [-0.39, 0.29) is 12.4 Å².